The van der Waals surface area contributed by atoms with Crippen molar-refractivity contribution in [3.8, 4) is 5.69 Å². The number of amides is 1. The van der Waals surface area contributed by atoms with E-state index in [0.717, 1.165) is 0 Å². The molecule has 27 heavy (non-hydrogen) atoms. The molecule has 0 bridgehead atoms. The summed E-state index contributed by atoms with van der Waals surface area (Å²) in [5.74, 6) is 0.169. The molecule has 2 aromatic carbocycles. The summed E-state index contributed by atoms with van der Waals surface area (Å²) in [5, 5.41) is 23.3. The molecule has 0 radical (unpaired) electrons. The molecule has 0 saturated carbocycles. The maximum atomic E-state index is 12.0. The number of rotatable bonds is 5. The average molecular weight is 387 g/mol. The summed E-state index contributed by atoms with van der Waals surface area (Å²) in [4.78, 5) is 23.9. The van der Waals surface area contributed by atoms with Crippen molar-refractivity contribution < 1.29 is 9.72 Å². The van der Waals surface area contributed by atoms with E-state index in [9.17, 15) is 14.9 Å². The van der Waals surface area contributed by atoms with E-state index in [4.69, 9.17) is 11.6 Å². The molecule has 3 rings (SSSR count). The Labute approximate surface area is 159 Å². The lowest BCUT2D eigenvalue weighted by molar-refractivity contribution is -0.384. The number of carbonyl (C=O) groups excluding carboxylic acids is 1. The second-order valence-electron chi connectivity index (χ2n) is 5.81. The Bertz CT molecular complexity index is 988. The first-order chi connectivity index (χ1) is 12.9. The minimum absolute atomic E-state index is 0.0441. The van der Waals surface area contributed by atoms with E-state index in [-0.39, 0.29) is 11.6 Å². The van der Waals surface area contributed by atoms with Crippen molar-refractivity contribution in [3.05, 3.63) is 75.1 Å². The van der Waals surface area contributed by atoms with Crippen LogP contribution in [0.5, 0.6) is 0 Å². The van der Waals surface area contributed by atoms with Crippen molar-refractivity contribution in [2.24, 2.45) is 0 Å². The Morgan fingerprint density at radius 2 is 1.96 bits per heavy atom. The van der Waals surface area contributed by atoms with Gasteiger partial charge in [-0.15, -0.1) is 5.10 Å². The molecule has 0 spiro atoms. The van der Waals surface area contributed by atoms with Gasteiger partial charge >= 0.3 is 0 Å². The fraction of sp³-hybridized carbons (Fsp3) is 0.176. The fourth-order valence-electron chi connectivity index (χ4n) is 2.66. The lowest BCUT2D eigenvalue weighted by Gasteiger charge is -2.26. The number of carbonyl (C=O) groups is 1. The van der Waals surface area contributed by atoms with Crippen LogP contribution in [0.2, 0.25) is 5.02 Å². The van der Waals surface area contributed by atoms with E-state index >= 15 is 0 Å². The molecule has 0 N–H and O–H groups in total. The largest absolute Gasteiger partial charge is 0.332 e. The van der Waals surface area contributed by atoms with E-state index in [2.05, 4.69) is 15.5 Å². The zero-order chi connectivity index (χ0) is 19.6. The predicted molar refractivity (Wildman–Crippen MR) is 97.5 cm³/mol. The van der Waals surface area contributed by atoms with Crippen molar-refractivity contribution >= 4 is 23.2 Å². The van der Waals surface area contributed by atoms with Crippen LogP contribution < -0.4 is 0 Å². The third kappa shape index (κ3) is 3.77. The van der Waals surface area contributed by atoms with Crippen LogP contribution in [0.25, 0.3) is 5.69 Å². The Morgan fingerprint density at radius 3 is 2.56 bits per heavy atom. The van der Waals surface area contributed by atoms with Crippen molar-refractivity contribution in [1.82, 2.24) is 25.1 Å². The van der Waals surface area contributed by atoms with E-state index in [1.807, 2.05) is 0 Å². The summed E-state index contributed by atoms with van der Waals surface area (Å²) in [7, 11) is 1.62. The van der Waals surface area contributed by atoms with Crippen molar-refractivity contribution in [2.75, 3.05) is 7.05 Å². The third-order valence-corrected chi connectivity index (χ3v) is 4.33. The first-order valence-corrected chi connectivity index (χ1v) is 8.28. The number of hydrogen-bond acceptors (Lipinski definition) is 6. The molecule has 0 aliphatic heterocycles. The van der Waals surface area contributed by atoms with Gasteiger partial charge in [-0.05, 0) is 46.3 Å². The Kier molecular flexibility index (Phi) is 5.13. The lowest BCUT2D eigenvalue weighted by Crippen LogP contribution is -2.32. The van der Waals surface area contributed by atoms with Gasteiger partial charge in [0.05, 0.1) is 10.6 Å². The summed E-state index contributed by atoms with van der Waals surface area (Å²) < 4.78 is 1.48. The Morgan fingerprint density at radius 1 is 1.26 bits per heavy atom. The van der Waals surface area contributed by atoms with E-state index in [1.54, 1.807) is 43.4 Å². The van der Waals surface area contributed by atoms with Gasteiger partial charge in [-0.2, -0.15) is 4.68 Å². The quantitative estimate of drug-likeness (QED) is 0.493. The first-order valence-electron chi connectivity index (χ1n) is 7.90. The van der Waals surface area contributed by atoms with Gasteiger partial charge in [-0.25, -0.2) is 0 Å². The number of halogens is 1. The molecule has 0 fully saturated rings. The number of hydrogen-bond donors (Lipinski definition) is 0. The van der Waals surface area contributed by atoms with Gasteiger partial charge in [0, 0.05) is 31.1 Å². The summed E-state index contributed by atoms with van der Waals surface area (Å²) in [5.41, 5.74) is 1.22. The number of tetrazole rings is 1. The monoisotopic (exact) mass is 386 g/mol. The highest BCUT2D eigenvalue weighted by molar-refractivity contribution is 6.30. The van der Waals surface area contributed by atoms with E-state index in [1.165, 1.54) is 28.6 Å². The minimum atomic E-state index is -0.641. The number of non-ortho nitro benzene ring substituents is 1. The maximum Gasteiger partial charge on any atom is 0.269 e. The maximum absolute atomic E-state index is 12.0. The van der Waals surface area contributed by atoms with Gasteiger partial charge in [0.15, 0.2) is 5.82 Å². The highest BCUT2D eigenvalue weighted by atomic mass is 35.5. The van der Waals surface area contributed by atoms with Crippen LogP contribution in [-0.4, -0.2) is 43.0 Å². The van der Waals surface area contributed by atoms with Crippen LogP contribution in [0, 0.1) is 10.1 Å². The second-order valence-corrected chi connectivity index (χ2v) is 6.25. The molecule has 1 aromatic heterocycles. The Hall–Kier alpha value is -3.33. The van der Waals surface area contributed by atoms with Crippen molar-refractivity contribution in [3.63, 3.8) is 0 Å². The number of aromatic nitrogens is 4. The predicted octanol–water partition coefficient (Wildman–Crippen LogP) is 2.79. The molecule has 3 aromatic rings. The van der Waals surface area contributed by atoms with Gasteiger partial charge in [0.2, 0.25) is 5.91 Å². The molecule has 0 aliphatic carbocycles. The fourth-order valence-corrected chi connectivity index (χ4v) is 2.85. The molecular formula is C17H15ClN6O3. The van der Waals surface area contributed by atoms with Gasteiger partial charge in [-0.1, -0.05) is 17.7 Å². The molecular weight excluding hydrogens is 372 g/mol. The number of nitro benzene ring substituents is 1. The summed E-state index contributed by atoms with van der Waals surface area (Å²) in [6, 6.07) is 12.3. The van der Waals surface area contributed by atoms with E-state index < -0.39 is 11.0 Å². The van der Waals surface area contributed by atoms with Crippen LogP contribution in [0.3, 0.4) is 0 Å². The summed E-state index contributed by atoms with van der Waals surface area (Å²) in [6.45, 7) is 1.42. The standard InChI is InChI=1S/C17H15ClN6O3/c1-11(25)22(2)16(12-6-8-14(9-7-12)24(26)27)17-19-20-21-23(17)15-5-3-4-13(18)10-15/h3-10,16H,1-2H3/t16-/m1/s1. The normalized spacial score (nSPS) is 11.8. The zero-order valence-electron chi connectivity index (χ0n) is 14.5. The van der Waals surface area contributed by atoms with Gasteiger partial charge < -0.3 is 4.90 Å². The second kappa shape index (κ2) is 7.50. The van der Waals surface area contributed by atoms with Gasteiger partial charge in [-0.3, -0.25) is 14.9 Å². The first kappa shape index (κ1) is 18.5. The topological polar surface area (TPSA) is 107 Å². The van der Waals surface area contributed by atoms with Gasteiger partial charge in [0.1, 0.15) is 6.04 Å². The lowest BCUT2D eigenvalue weighted by atomic mass is 10.0. The smallest absolute Gasteiger partial charge is 0.269 e. The molecule has 10 heteroatoms. The van der Waals surface area contributed by atoms with Crippen LogP contribution in [0.1, 0.15) is 24.4 Å². The van der Waals surface area contributed by atoms with Crippen LogP contribution in [0.15, 0.2) is 48.5 Å². The van der Waals surface area contributed by atoms with Crippen molar-refractivity contribution in [2.45, 2.75) is 13.0 Å². The highest BCUT2D eigenvalue weighted by Crippen LogP contribution is 2.29. The SMILES string of the molecule is CC(=O)N(C)[C@H](c1ccc([N+](=O)[O-])cc1)c1nnnn1-c1cccc(Cl)c1. The van der Waals surface area contributed by atoms with Crippen molar-refractivity contribution in [1.29, 1.82) is 0 Å². The molecule has 138 valence electrons. The minimum Gasteiger partial charge on any atom is -0.332 e. The molecule has 0 saturated heterocycles. The molecule has 0 aliphatic rings. The average Bonchev–Trinajstić information content (AvgIpc) is 3.11. The molecule has 9 nitrogen and oxygen atoms in total. The summed E-state index contributed by atoms with van der Waals surface area (Å²) in [6.07, 6.45) is 0. The number of benzene rings is 2. The van der Waals surface area contributed by atoms with Crippen LogP contribution >= 0.6 is 11.6 Å². The van der Waals surface area contributed by atoms with E-state index in [0.29, 0.717) is 22.1 Å². The molecule has 0 unspecified atom stereocenters. The third-order valence-electron chi connectivity index (χ3n) is 4.09. The molecule has 1 heterocycles. The zero-order valence-corrected chi connectivity index (χ0v) is 15.2. The number of nitrogens with zero attached hydrogens (tertiary/aromatic N) is 6. The number of nitro groups is 1. The van der Waals surface area contributed by atoms with Gasteiger partial charge in [0.25, 0.3) is 5.69 Å². The molecule has 1 amide bonds. The highest BCUT2D eigenvalue weighted by Gasteiger charge is 2.28. The molecule has 1 atom stereocenters. The van der Waals surface area contributed by atoms with Crippen LogP contribution in [0.4, 0.5) is 5.69 Å². The Balaban J connectivity index is 2.12. The summed E-state index contributed by atoms with van der Waals surface area (Å²) >= 11 is 6.06. The van der Waals surface area contributed by atoms with Crippen LogP contribution in [-0.2, 0) is 4.79 Å².